The topological polar surface area (TPSA) is 83.6 Å². The summed E-state index contributed by atoms with van der Waals surface area (Å²) in [5.41, 5.74) is 1.61. The maximum atomic E-state index is 12.8. The van der Waals surface area contributed by atoms with Gasteiger partial charge in [-0.25, -0.2) is 4.90 Å². The molecule has 1 fully saturated rings. The summed E-state index contributed by atoms with van der Waals surface area (Å²) in [6.07, 6.45) is 0.535. The molecule has 162 valence electrons. The van der Waals surface area contributed by atoms with E-state index in [9.17, 15) is 19.2 Å². The highest BCUT2D eigenvalue weighted by molar-refractivity contribution is 8.00. The molecule has 0 saturated carbocycles. The molecule has 7 heteroatoms. The molecule has 1 aliphatic heterocycles. The Hall–Kier alpha value is -2.93. The van der Waals surface area contributed by atoms with Crippen LogP contribution >= 0.6 is 11.8 Å². The van der Waals surface area contributed by atoms with Gasteiger partial charge in [-0.2, -0.15) is 0 Å². The molecule has 0 aliphatic carbocycles. The zero-order valence-corrected chi connectivity index (χ0v) is 18.9. The van der Waals surface area contributed by atoms with Gasteiger partial charge in [0.2, 0.25) is 17.7 Å². The number of nitrogens with one attached hydrogen (secondary N) is 1. The summed E-state index contributed by atoms with van der Waals surface area (Å²) in [6.45, 7) is 7.49. The van der Waals surface area contributed by atoms with Gasteiger partial charge in [-0.1, -0.05) is 20.8 Å². The first kappa shape index (κ1) is 22.7. The molecule has 0 radical (unpaired) electrons. The predicted molar refractivity (Wildman–Crippen MR) is 122 cm³/mol. The fourth-order valence-electron chi connectivity index (χ4n) is 3.28. The van der Waals surface area contributed by atoms with Crippen LogP contribution in [0, 0.1) is 5.41 Å². The van der Waals surface area contributed by atoms with Gasteiger partial charge in [0.25, 0.3) is 0 Å². The number of anilines is 2. The average Bonchev–Trinajstić information content (AvgIpc) is 2.95. The van der Waals surface area contributed by atoms with E-state index in [4.69, 9.17) is 0 Å². The summed E-state index contributed by atoms with van der Waals surface area (Å²) in [5, 5.41) is 2.36. The Morgan fingerprint density at radius 1 is 1.03 bits per heavy atom. The third kappa shape index (κ3) is 5.82. The fourth-order valence-corrected chi connectivity index (χ4v) is 4.33. The van der Waals surface area contributed by atoms with Crippen molar-refractivity contribution < 1.29 is 19.2 Å². The fraction of sp³-hybridized carbons (Fsp3) is 0.333. The van der Waals surface area contributed by atoms with Crippen LogP contribution in [0.4, 0.5) is 11.4 Å². The van der Waals surface area contributed by atoms with Gasteiger partial charge in [-0.3, -0.25) is 19.2 Å². The average molecular weight is 439 g/mol. The Morgan fingerprint density at radius 3 is 2.19 bits per heavy atom. The molecule has 6 nitrogen and oxygen atoms in total. The number of thioether (sulfide) groups is 1. The molecule has 2 aromatic carbocycles. The van der Waals surface area contributed by atoms with Crippen molar-refractivity contribution in [1.29, 1.82) is 0 Å². The minimum Gasteiger partial charge on any atom is -0.326 e. The second kappa shape index (κ2) is 9.06. The molecule has 1 unspecified atom stereocenters. The molecule has 0 spiro atoms. The smallest absolute Gasteiger partial charge is 0.247 e. The normalized spacial score (nSPS) is 16.5. The highest BCUT2D eigenvalue weighted by atomic mass is 32.2. The van der Waals surface area contributed by atoms with Crippen LogP contribution in [0.1, 0.15) is 50.9 Å². The van der Waals surface area contributed by atoms with E-state index in [1.807, 2.05) is 32.9 Å². The lowest BCUT2D eigenvalue weighted by Crippen LogP contribution is -2.31. The Kier molecular flexibility index (Phi) is 6.65. The summed E-state index contributed by atoms with van der Waals surface area (Å²) in [7, 11) is 0. The van der Waals surface area contributed by atoms with Gasteiger partial charge in [-0.15, -0.1) is 11.8 Å². The Labute approximate surface area is 186 Å². The third-order valence-corrected chi connectivity index (χ3v) is 5.94. The first-order chi connectivity index (χ1) is 14.5. The second-order valence-corrected chi connectivity index (χ2v) is 10.1. The van der Waals surface area contributed by atoms with Crippen LogP contribution in [0.3, 0.4) is 0 Å². The lowest BCUT2D eigenvalue weighted by Gasteiger charge is -2.17. The molecule has 2 aromatic rings. The maximum absolute atomic E-state index is 12.8. The van der Waals surface area contributed by atoms with Crippen molar-refractivity contribution in [3.63, 3.8) is 0 Å². The highest BCUT2D eigenvalue weighted by Crippen LogP contribution is 2.34. The Bertz CT molecular complexity index is 1010. The van der Waals surface area contributed by atoms with E-state index in [-0.39, 0.29) is 35.3 Å². The van der Waals surface area contributed by atoms with Gasteiger partial charge in [0, 0.05) is 29.0 Å². The zero-order chi connectivity index (χ0) is 22.8. The molecule has 3 amide bonds. The number of imide groups is 1. The van der Waals surface area contributed by atoms with E-state index >= 15 is 0 Å². The van der Waals surface area contributed by atoms with Crippen molar-refractivity contribution in [2.45, 2.75) is 50.7 Å². The minimum absolute atomic E-state index is 0.0455. The van der Waals surface area contributed by atoms with Crippen LogP contribution in [0.15, 0.2) is 53.4 Å². The summed E-state index contributed by atoms with van der Waals surface area (Å²) in [4.78, 5) is 50.9. The number of hydrogen-bond donors (Lipinski definition) is 1. The molecule has 1 saturated heterocycles. The lowest BCUT2D eigenvalue weighted by molar-refractivity contribution is -0.121. The van der Waals surface area contributed by atoms with Gasteiger partial charge in [0.05, 0.1) is 10.9 Å². The number of amides is 3. The van der Waals surface area contributed by atoms with Crippen molar-refractivity contribution in [3.05, 3.63) is 54.1 Å². The quantitative estimate of drug-likeness (QED) is 0.523. The number of carbonyl (C=O) groups excluding carboxylic acids is 4. The first-order valence-corrected chi connectivity index (χ1v) is 11.0. The Morgan fingerprint density at radius 2 is 1.65 bits per heavy atom. The summed E-state index contributed by atoms with van der Waals surface area (Å²) in [5.74, 6) is -0.648. The van der Waals surface area contributed by atoms with Crippen molar-refractivity contribution in [2.24, 2.45) is 5.41 Å². The number of hydrogen-bond acceptors (Lipinski definition) is 5. The number of Topliss-reactive ketones (excluding diaryl/α,β-unsaturated/α-hetero) is 1. The SMILES string of the molecule is CC(=O)c1ccc(N2C(=O)CC(Sc3ccc(NC(=O)CC(C)(C)C)cc3)C2=O)cc1. The maximum Gasteiger partial charge on any atom is 0.247 e. The molecule has 1 heterocycles. The molecule has 0 bridgehead atoms. The van der Waals surface area contributed by atoms with E-state index in [2.05, 4.69) is 5.32 Å². The number of ketones is 1. The van der Waals surface area contributed by atoms with Crippen LogP contribution in [-0.4, -0.2) is 28.8 Å². The number of carbonyl (C=O) groups is 4. The van der Waals surface area contributed by atoms with Gasteiger partial charge in [-0.05, 0) is 60.9 Å². The first-order valence-electron chi connectivity index (χ1n) is 10.1. The number of nitrogens with zero attached hydrogens (tertiary/aromatic N) is 1. The van der Waals surface area contributed by atoms with Gasteiger partial charge >= 0.3 is 0 Å². The summed E-state index contributed by atoms with van der Waals surface area (Å²) >= 11 is 1.33. The molecular formula is C24H26N2O4S. The van der Waals surface area contributed by atoms with Crippen LogP contribution in [0.2, 0.25) is 0 Å². The Balaban J connectivity index is 1.64. The third-order valence-electron chi connectivity index (χ3n) is 4.74. The van der Waals surface area contributed by atoms with Gasteiger partial charge < -0.3 is 5.32 Å². The highest BCUT2D eigenvalue weighted by Gasteiger charge is 2.40. The second-order valence-electron chi connectivity index (χ2n) is 8.79. The molecular weight excluding hydrogens is 412 g/mol. The van der Waals surface area contributed by atoms with Crippen molar-refractivity contribution >= 4 is 46.6 Å². The van der Waals surface area contributed by atoms with Gasteiger partial charge in [0.15, 0.2) is 5.78 Å². The number of rotatable bonds is 6. The monoisotopic (exact) mass is 438 g/mol. The van der Waals surface area contributed by atoms with Crippen LogP contribution < -0.4 is 10.2 Å². The summed E-state index contributed by atoms with van der Waals surface area (Å²) in [6, 6.07) is 13.7. The molecule has 1 aliphatic rings. The molecule has 31 heavy (non-hydrogen) atoms. The molecule has 3 rings (SSSR count). The van der Waals surface area contributed by atoms with Crippen molar-refractivity contribution in [3.8, 4) is 0 Å². The standard InChI is InChI=1S/C24H26N2O4S/c1-15(27)16-5-9-18(10-6-16)26-22(29)13-20(23(26)30)31-19-11-7-17(8-12-19)25-21(28)14-24(2,3)4/h5-12,20H,13-14H2,1-4H3,(H,25,28). The van der Waals surface area contributed by atoms with E-state index < -0.39 is 5.25 Å². The van der Waals surface area contributed by atoms with E-state index in [0.29, 0.717) is 23.4 Å². The van der Waals surface area contributed by atoms with E-state index in [0.717, 1.165) is 4.90 Å². The number of benzene rings is 2. The molecule has 1 atom stereocenters. The zero-order valence-electron chi connectivity index (χ0n) is 18.1. The van der Waals surface area contributed by atoms with E-state index in [1.54, 1.807) is 36.4 Å². The minimum atomic E-state index is -0.513. The molecule has 1 N–H and O–H groups in total. The largest absolute Gasteiger partial charge is 0.326 e. The van der Waals surface area contributed by atoms with Gasteiger partial charge in [0.1, 0.15) is 0 Å². The van der Waals surface area contributed by atoms with Crippen LogP contribution in [-0.2, 0) is 14.4 Å². The van der Waals surface area contributed by atoms with Crippen molar-refractivity contribution in [1.82, 2.24) is 0 Å². The predicted octanol–water partition coefficient (Wildman–Crippen LogP) is 4.69. The van der Waals surface area contributed by atoms with Crippen LogP contribution in [0.25, 0.3) is 0 Å². The van der Waals surface area contributed by atoms with E-state index in [1.165, 1.54) is 23.6 Å². The summed E-state index contributed by atoms with van der Waals surface area (Å²) < 4.78 is 0. The van der Waals surface area contributed by atoms with Crippen LogP contribution in [0.5, 0.6) is 0 Å². The van der Waals surface area contributed by atoms with Crippen molar-refractivity contribution in [2.75, 3.05) is 10.2 Å². The molecule has 0 aromatic heterocycles. The lowest BCUT2D eigenvalue weighted by atomic mass is 9.92.